The molecular weight excluding hydrogens is 202 g/mol. The van der Waals surface area contributed by atoms with E-state index in [-0.39, 0.29) is 5.92 Å². The van der Waals surface area contributed by atoms with Gasteiger partial charge in [-0.05, 0) is 18.8 Å². The molecule has 4 heteroatoms. The van der Waals surface area contributed by atoms with Crippen LogP contribution < -0.4 is 5.32 Å². The lowest BCUT2D eigenvalue weighted by atomic mass is 10.0. The zero-order chi connectivity index (χ0) is 11.0. The van der Waals surface area contributed by atoms with E-state index in [1.54, 1.807) is 0 Å². The molecule has 2 saturated heterocycles. The number of hydrogen-bond donors (Lipinski definition) is 1. The molecule has 0 spiro atoms. The van der Waals surface area contributed by atoms with E-state index >= 15 is 0 Å². The van der Waals surface area contributed by atoms with Crippen LogP contribution in [0.15, 0.2) is 0 Å². The predicted octanol–water partition coefficient (Wildman–Crippen LogP) is -0.240. The molecule has 1 saturated carbocycles. The smallest absolute Gasteiger partial charge is 0.228 e. The highest BCUT2D eigenvalue weighted by Gasteiger charge is 2.32. The van der Waals surface area contributed by atoms with E-state index in [0.29, 0.717) is 5.91 Å². The summed E-state index contributed by atoms with van der Waals surface area (Å²) >= 11 is 0. The maximum Gasteiger partial charge on any atom is 0.228 e. The Morgan fingerprint density at radius 3 is 2.31 bits per heavy atom. The van der Waals surface area contributed by atoms with Crippen molar-refractivity contribution in [2.45, 2.75) is 12.8 Å². The zero-order valence-corrected chi connectivity index (χ0v) is 9.82. The van der Waals surface area contributed by atoms with Gasteiger partial charge < -0.3 is 10.2 Å². The fourth-order valence-electron chi connectivity index (χ4n) is 2.54. The lowest BCUT2D eigenvalue weighted by Crippen LogP contribution is -2.56. The van der Waals surface area contributed by atoms with Crippen molar-refractivity contribution in [2.24, 2.45) is 11.8 Å². The first-order valence-electron chi connectivity index (χ1n) is 6.55. The molecule has 2 heterocycles. The van der Waals surface area contributed by atoms with E-state index in [1.807, 2.05) is 0 Å². The van der Waals surface area contributed by atoms with Gasteiger partial charge in [-0.15, -0.1) is 0 Å². The molecule has 1 aliphatic carbocycles. The molecular formula is C12H21N3O. The highest BCUT2D eigenvalue weighted by Crippen LogP contribution is 2.29. The van der Waals surface area contributed by atoms with E-state index in [9.17, 15) is 4.79 Å². The molecule has 3 rings (SSSR count). The second kappa shape index (κ2) is 4.34. The fourth-order valence-corrected chi connectivity index (χ4v) is 2.54. The van der Waals surface area contributed by atoms with Crippen molar-refractivity contribution in [1.29, 1.82) is 0 Å². The van der Waals surface area contributed by atoms with Crippen LogP contribution in [-0.2, 0) is 4.79 Å². The largest absolute Gasteiger partial charge is 0.340 e. The van der Waals surface area contributed by atoms with Crippen LogP contribution in [0.3, 0.4) is 0 Å². The molecule has 0 aromatic heterocycles. The molecule has 0 bridgehead atoms. The second-order valence-electron chi connectivity index (χ2n) is 5.42. The molecule has 0 aromatic carbocycles. The van der Waals surface area contributed by atoms with E-state index in [2.05, 4.69) is 15.1 Å². The number of carbonyl (C=O) groups excluding carboxylic acids is 1. The summed E-state index contributed by atoms with van der Waals surface area (Å²) < 4.78 is 0. The van der Waals surface area contributed by atoms with Crippen molar-refractivity contribution in [3.8, 4) is 0 Å². The Bertz CT molecular complexity index is 265. The summed E-state index contributed by atoms with van der Waals surface area (Å²) in [5, 5.41) is 3.17. The third-order valence-corrected chi connectivity index (χ3v) is 4.03. The van der Waals surface area contributed by atoms with Gasteiger partial charge in [-0.3, -0.25) is 9.69 Å². The van der Waals surface area contributed by atoms with Crippen molar-refractivity contribution in [2.75, 3.05) is 45.8 Å². The van der Waals surface area contributed by atoms with Gasteiger partial charge in [0.05, 0.1) is 5.92 Å². The van der Waals surface area contributed by atoms with Crippen LogP contribution in [0.2, 0.25) is 0 Å². The van der Waals surface area contributed by atoms with Gasteiger partial charge >= 0.3 is 0 Å². The summed E-state index contributed by atoms with van der Waals surface area (Å²) in [6, 6.07) is 0. The number of amides is 1. The number of hydrogen-bond acceptors (Lipinski definition) is 3. The van der Waals surface area contributed by atoms with Gasteiger partial charge in [0.15, 0.2) is 0 Å². The monoisotopic (exact) mass is 223 g/mol. The van der Waals surface area contributed by atoms with Crippen LogP contribution in [0, 0.1) is 11.8 Å². The topological polar surface area (TPSA) is 35.6 Å². The molecule has 1 amide bonds. The van der Waals surface area contributed by atoms with Crippen molar-refractivity contribution < 1.29 is 4.79 Å². The Morgan fingerprint density at radius 2 is 1.81 bits per heavy atom. The minimum atomic E-state index is 0.273. The number of piperazine rings is 1. The molecule has 3 aliphatic rings. The highest BCUT2D eigenvalue weighted by atomic mass is 16.2. The lowest BCUT2D eigenvalue weighted by molar-refractivity contribution is -0.138. The highest BCUT2D eigenvalue weighted by molar-refractivity contribution is 5.80. The molecule has 16 heavy (non-hydrogen) atoms. The van der Waals surface area contributed by atoms with Gasteiger partial charge in [-0.1, -0.05) is 0 Å². The number of rotatable bonds is 3. The van der Waals surface area contributed by atoms with Crippen molar-refractivity contribution >= 4 is 5.91 Å². The summed E-state index contributed by atoms with van der Waals surface area (Å²) in [7, 11) is 0. The third kappa shape index (κ3) is 2.23. The van der Waals surface area contributed by atoms with Gasteiger partial charge in [0.1, 0.15) is 0 Å². The van der Waals surface area contributed by atoms with Crippen molar-refractivity contribution in [1.82, 2.24) is 15.1 Å². The van der Waals surface area contributed by atoms with Gasteiger partial charge in [-0.25, -0.2) is 0 Å². The Labute approximate surface area is 97.0 Å². The average molecular weight is 223 g/mol. The Balaban J connectivity index is 1.43. The minimum Gasteiger partial charge on any atom is -0.340 e. The fraction of sp³-hybridized carbons (Fsp3) is 0.917. The van der Waals surface area contributed by atoms with Crippen molar-refractivity contribution in [3.63, 3.8) is 0 Å². The summed E-state index contributed by atoms with van der Waals surface area (Å²) in [5.74, 6) is 1.62. The minimum absolute atomic E-state index is 0.273. The number of carbonyl (C=O) groups is 1. The van der Waals surface area contributed by atoms with Crippen LogP contribution in [-0.4, -0.2) is 61.5 Å². The SMILES string of the molecule is O=C(C1CNC1)N1CCN(CC2CC2)CC1. The zero-order valence-electron chi connectivity index (χ0n) is 9.82. The maximum absolute atomic E-state index is 12.0. The summed E-state index contributed by atoms with van der Waals surface area (Å²) in [5.41, 5.74) is 0. The maximum atomic E-state index is 12.0. The lowest BCUT2D eigenvalue weighted by Gasteiger charge is -2.38. The average Bonchev–Trinajstić information content (AvgIpc) is 3.00. The van der Waals surface area contributed by atoms with Crippen molar-refractivity contribution in [3.05, 3.63) is 0 Å². The summed E-state index contributed by atoms with van der Waals surface area (Å²) in [4.78, 5) is 16.6. The molecule has 0 radical (unpaired) electrons. The van der Waals surface area contributed by atoms with Gasteiger partial charge in [0, 0.05) is 45.8 Å². The second-order valence-corrected chi connectivity index (χ2v) is 5.42. The molecule has 2 aliphatic heterocycles. The molecule has 4 nitrogen and oxygen atoms in total. The van der Waals surface area contributed by atoms with E-state index < -0.39 is 0 Å². The predicted molar refractivity (Wildman–Crippen MR) is 62.1 cm³/mol. The first kappa shape index (κ1) is 10.5. The van der Waals surface area contributed by atoms with Crippen LogP contribution in [0.1, 0.15) is 12.8 Å². The summed E-state index contributed by atoms with van der Waals surface area (Å²) in [6.07, 6.45) is 2.85. The first-order chi connectivity index (χ1) is 7.83. The van der Waals surface area contributed by atoms with E-state index in [4.69, 9.17) is 0 Å². The molecule has 1 N–H and O–H groups in total. The van der Waals surface area contributed by atoms with E-state index in [1.165, 1.54) is 19.4 Å². The van der Waals surface area contributed by atoms with Crippen LogP contribution in [0.5, 0.6) is 0 Å². The summed E-state index contributed by atoms with van der Waals surface area (Å²) in [6.45, 7) is 7.12. The standard InChI is InChI=1S/C12H21N3O/c16-12(11-7-13-8-11)15-5-3-14(4-6-15)9-10-1-2-10/h10-11,13H,1-9H2. The molecule has 0 aromatic rings. The van der Waals surface area contributed by atoms with Gasteiger partial charge in [-0.2, -0.15) is 0 Å². The van der Waals surface area contributed by atoms with Gasteiger partial charge in [0.2, 0.25) is 5.91 Å². The van der Waals surface area contributed by atoms with Gasteiger partial charge in [0.25, 0.3) is 0 Å². The van der Waals surface area contributed by atoms with E-state index in [0.717, 1.165) is 45.2 Å². The molecule has 0 unspecified atom stereocenters. The van der Waals surface area contributed by atoms with Crippen LogP contribution in [0.25, 0.3) is 0 Å². The first-order valence-corrected chi connectivity index (χ1v) is 6.55. The molecule has 0 atom stereocenters. The van der Waals surface area contributed by atoms with Crippen LogP contribution in [0.4, 0.5) is 0 Å². The Hall–Kier alpha value is -0.610. The molecule has 90 valence electrons. The molecule has 3 fully saturated rings. The number of nitrogens with one attached hydrogen (secondary N) is 1. The number of nitrogens with zero attached hydrogens (tertiary/aromatic N) is 2. The third-order valence-electron chi connectivity index (χ3n) is 4.03. The van der Waals surface area contributed by atoms with Crippen LogP contribution >= 0.6 is 0 Å². The Kier molecular flexibility index (Phi) is 2.86. The Morgan fingerprint density at radius 1 is 1.12 bits per heavy atom. The quantitative estimate of drug-likeness (QED) is 0.717. The normalized spacial score (nSPS) is 27.9.